The number of nitrogens with zero attached hydrogens (tertiary/aromatic N) is 2. The normalized spacial score (nSPS) is 15.2. The number of carbonyl (C=O) groups excluding carboxylic acids is 1. The summed E-state index contributed by atoms with van der Waals surface area (Å²) in [6, 6.07) is 11.1. The van der Waals surface area contributed by atoms with Gasteiger partial charge in [0.2, 0.25) is 5.96 Å². The van der Waals surface area contributed by atoms with Gasteiger partial charge in [0.15, 0.2) is 11.5 Å². The van der Waals surface area contributed by atoms with Crippen molar-refractivity contribution >= 4 is 17.6 Å². The van der Waals surface area contributed by atoms with Crippen LogP contribution >= 0.6 is 0 Å². The fourth-order valence-corrected chi connectivity index (χ4v) is 3.51. The molecule has 4 N–H and O–H groups in total. The van der Waals surface area contributed by atoms with Crippen molar-refractivity contribution in [2.24, 2.45) is 10.8 Å². The van der Waals surface area contributed by atoms with Crippen LogP contribution in [0.5, 0.6) is 11.5 Å². The number of guanidine groups is 1. The van der Waals surface area contributed by atoms with Gasteiger partial charge in [-0.2, -0.15) is 0 Å². The van der Waals surface area contributed by atoms with E-state index in [1.54, 1.807) is 20.8 Å². The first-order valence-electron chi connectivity index (χ1n) is 10.7. The van der Waals surface area contributed by atoms with Gasteiger partial charge >= 0.3 is 5.97 Å². The Bertz CT molecular complexity index is 1120. The van der Waals surface area contributed by atoms with E-state index in [1.807, 2.05) is 30.3 Å². The van der Waals surface area contributed by atoms with Crippen molar-refractivity contribution in [2.45, 2.75) is 33.4 Å². The highest BCUT2D eigenvalue weighted by Crippen LogP contribution is 2.42. The largest absolute Gasteiger partial charge is 0.490 e. The van der Waals surface area contributed by atoms with Crippen LogP contribution in [0.1, 0.15) is 37.9 Å². The SMILES string of the molecule is CCOC(=O)C1=C(C)NC(NN)=N[C@@H]1c1cc(OCC)c(OCc2ccccc2)cc1[N+](=O)[O-]. The van der Waals surface area contributed by atoms with Crippen molar-refractivity contribution < 1.29 is 23.9 Å². The van der Waals surface area contributed by atoms with E-state index in [-0.39, 0.29) is 47.5 Å². The highest BCUT2D eigenvalue weighted by Gasteiger charge is 2.36. The molecule has 0 bridgehead atoms. The molecule has 1 aliphatic rings. The van der Waals surface area contributed by atoms with Gasteiger partial charge in [-0.15, -0.1) is 0 Å². The number of nitrogens with one attached hydrogen (secondary N) is 2. The zero-order valence-electron chi connectivity index (χ0n) is 19.2. The van der Waals surface area contributed by atoms with Crippen LogP contribution in [0.3, 0.4) is 0 Å². The summed E-state index contributed by atoms with van der Waals surface area (Å²) in [5.41, 5.74) is 3.67. The van der Waals surface area contributed by atoms with Crippen LogP contribution in [-0.4, -0.2) is 30.1 Å². The smallest absolute Gasteiger partial charge is 0.338 e. The summed E-state index contributed by atoms with van der Waals surface area (Å²) in [4.78, 5) is 28.6. The molecule has 0 spiro atoms. The fourth-order valence-electron chi connectivity index (χ4n) is 3.51. The number of hydrogen-bond acceptors (Lipinski definition) is 10. The fraction of sp³-hybridized carbons (Fsp3) is 0.304. The van der Waals surface area contributed by atoms with Gasteiger partial charge in [0.05, 0.1) is 35.3 Å². The third kappa shape index (κ3) is 5.44. The van der Waals surface area contributed by atoms with Gasteiger partial charge in [-0.05, 0) is 32.4 Å². The molecule has 1 aliphatic heterocycles. The molecular weight excluding hydrogens is 442 g/mol. The lowest BCUT2D eigenvalue weighted by molar-refractivity contribution is -0.385. The lowest BCUT2D eigenvalue weighted by Crippen LogP contribution is -2.44. The minimum atomic E-state index is -1.06. The minimum absolute atomic E-state index is 0.129. The van der Waals surface area contributed by atoms with E-state index in [0.717, 1.165) is 5.56 Å². The molecule has 0 aromatic heterocycles. The van der Waals surface area contributed by atoms with Crippen molar-refractivity contribution in [3.8, 4) is 11.5 Å². The molecule has 1 atom stereocenters. The van der Waals surface area contributed by atoms with Gasteiger partial charge in [0.25, 0.3) is 5.69 Å². The van der Waals surface area contributed by atoms with E-state index in [0.29, 0.717) is 12.3 Å². The number of hydrogen-bond donors (Lipinski definition) is 3. The molecule has 34 heavy (non-hydrogen) atoms. The van der Waals surface area contributed by atoms with Gasteiger partial charge < -0.3 is 19.5 Å². The van der Waals surface area contributed by atoms with Crippen LogP contribution in [-0.2, 0) is 16.1 Å². The number of carbonyl (C=O) groups is 1. The Morgan fingerprint density at radius 3 is 2.50 bits per heavy atom. The number of aliphatic imine (C=N–C) groups is 1. The first kappa shape index (κ1) is 24.5. The van der Waals surface area contributed by atoms with Gasteiger partial charge in [0.1, 0.15) is 12.6 Å². The molecule has 11 nitrogen and oxygen atoms in total. The van der Waals surface area contributed by atoms with Crippen molar-refractivity contribution in [1.29, 1.82) is 0 Å². The molecule has 11 heteroatoms. The van der Waals surface area contributed by atoms with Crippen molar-refractivity contribution in [2.75, 3.05) is 13.2 Å². The van der Waals surface area contributed by atoms with Crippen LogP contribution in [0.25, 0.3) is 0 Å². The van der Waals surface area contributed by atoms with Gasteiger partial charge in [-0.25, -0.2) is 15.6 Å². The number of rotatable bonds is 9. The van der Waals surface area contributed by atoms with Gasteiger partial charge in [0, 0.05) is 5.70 Å². The third-order valence-electron chi connectivity index (χ3n) is 4.99. The van der Waals surface area contributed by atoms with Gasteiger partial charge in [-0.3, -0.25) is 15.5 Å². The lowest BCUT2D eigenvalue weighted by Gasteiger charge is -2.26. The molecule has 3 rings (SSSR count). The topological polar surface area (TPSA) is 150 Å². The first-order valence-corrected chi connectivity index (χ1v) is 10.7. The molecule has 0 aliphatic carbocycles. The Morgan fingerprint density at radius 2 is 1.88 bits per heavy atom. The average molecular weight is 469 g/mol. The molecule has 2 aromatic carbocycles. The molecule has 0 fully saturated rings. The number of benzene rings is 2. The van der Waals surface area contributed by atoms with Crippen LogP contribution in [0.4, 0.5) is 5.69 Å². The number of ether oxygens (including phenoxy) is 3. The van der Waals surface area contributed by atoms with Crippen LogP contribution in [0.15, 0.2) is 58.7 Å². The van der Waals surface area contributed by atoms with Gasteiger partial charge in [-0.1, -0.05) is 30.3 Å². The van der Waals surface area contributed by atoms with E-state index >= 15 is 0 Å². The van der Waals surface area contributed by atoms with E-state index < -0.39 is 16.9 Å². The third-order valence-corrected chi connectivity index (χ3v) is 4.99. The summed E-state index contributed by atoms with van der Waals surface area (Å²) in [6.45, 7) is 5.71. The van der Waals surface area contributed by atoms with E-state index in [2.05, 4.69) is 15.7 Å². The monoisotopic (exact) mass is 469 g/mol. The van der Waals surface area contributed by atoms with Crippen molar-refractivity contribution in [1.82, 2.24) is 10.7 Å². The maximum absolute atomic E-state index is 12.7. The summed E-state index contributed by atoms with van der Waals surface area (Å²) in [5, 5.41) is 14.9. The predicted molar refractivity (Wildman–Crippen MR) is 125 cm³/mol. The molecule has 1 heterocycles. The number of nitro benzene ring substituents is 1. The Hall–Kier alpha value is -4.12. The minimum Gasteiger partial charge on any atom is -0.490 e. The maximum Gasteiger partial charge on any atom is 0.338 e. The molecule has 0 saturated carbocycles. The Balaban J connectivity index is 2.11. The van der Waals surface area contributed by atoms with Crippen LogP contribution in [0, 0.1) is 10.1 Å². The molecule has 0 unspecified atom stereocenters. The maximum atomic E-state index is 12.7. The summed E-state index contributed by atoms with van der Waals surface area (Å²) in [6.07, 6.45) is 0. The zero-order valence-corrected chi connectivity index (χ0v) is 19.2. The Kier molecular flexibility index (Phi) is 8.04. The second-order valence-electron chi connectivity index (χ2n) is 7.23. The second kappa shape index (κ2) is 11.1. The number of esters is 1. The Morgan fingerprint density at radius 1 is 1.18 bits per heavy atom. The lowest BCUT2D eigenvalue weighted by atomic mass is 9.94. The first-order chi connectivity index (χ1) is 16.4. The summed E-state index contributed by atoms with van der Waals surface area (Å²) < 4.78 is 16.8. The summed E-state index contributed by atoms with van der Waals surface area (Å²) in [5.74, 6) is 5.51. The van der Waals surface area contributed by atoms with Crippen LogP contribution < -0.4 is 26.1 Å². The zero-order chi connectivity index (χ0) is 24.7. The molecule has 180 valence electrons. The summed E-state index contributed by atoms with van der Waals surface area (Å²) in [7, 11) is 0. The van der Waals surface area contributed by atoms with Crippen molar-refractivity contribution in [3.63, 3.8) is 0 Å². The van der Waals surface area contributed by atoms with E-state index in [4.69, 9.17) is 20.1 Å². The highest BCUT2D eigenvalue weighted by atomic mass is 16.6. The van der Waals surface area contributed by atoms with E-state index in [1.165, 1.54) is 12.1 Å². The molecule has 0 radical (unpaired) electrons. The molecular formula is C23H27N5O6. The highest BCUT2D eigenvalue weighted by molar-refractivity contribution is 5.95. The standard InChI is InChI=1S/C23H27N5O6/c1-4-32-18-11-16(21-20(22(29)33-5-2)14(3)25-23(26-21)27-24)17(28(30)31)12-19(18)34-13-15-9-7-6-8-10-15/h6-12,21H,4-5,13,24H2,1-3H3,(H2,25,26,27)/t21-/m1/s1. The predicted octanol–water partition coefficient (Wildman–Crippen LogP) is 2.87. The average Bonchev–Trinajstić information content (AvgIpc) is 2.83. The molecule has 0 saturated heterocycles. The summed E-state index contributed by atoms with van der Waals surface area (Å²) >= 11 is 0. The second-order valence-corrected chi connectivity index (χ2v) is 7.23. The number of nitrogens with two attached hydrogens (primary N) is 1. The number of hydrazine groups is 1. The molecule has 0 amide bonds. The van der Waals surface area contributed by atoms with Crippen LogP contribution in [0.2, 0.25) is 0 Å². The molecule has 2 aromatic rings. The van der Waals surface area contributed by atoms with E-state index in [9.17, 15) is 14.9 Å². The quantitative estimate of drug-likeness (QED) is 0.218. The Labute approximate surface area is 196 Å². The number of nitro groups is 1. The van der Waals surface area contributed by atoms with Crippen molar-refractivity contribution in [3.05, 3.63) is 75.0 Å². The number of allylic oxidation sites excluding steroid dienone is 1.